The molecule has 1 aliphatic rings. The van der Waals surface area contributed by atoms with Gasteiger partial charge >= 0.3 is 6.03 Å². The van der Waals surface area contributed by atoms with Crippen molar-refractivity contribution in [3.63, 3.8) is 0 Å². The molecule has 0 bridgehead atoms. The second-order valence-electron chi connectivity index (χ2n) is 4.57. The van der Waals surface area contributed by atoms with E-state index in [1.165, 1.54) is 6.07 Å². The van der Waals surface area contributed by atoms with E-state index in [2.05, 4.69) is 26.6 Å². The summed E-state index contributed by atoms with van der Waals surface area (Å²) < 4.78 is 14.6. The molecule has 1 heterocycles. The Morgan fingerprint density at radius 2 is 2.37 bits per heavy atom. The molecule has 0 radical (unpaired) electrons. The molecule has 0 aromatic heterocycles. The highest BCUT2D eigenvalue weighted by Crippen LogP contribution is 2.25. The van der Waals surface area contributed by atoms with Crippen LogP contribution in [0.2, 0.25) is 0 Å². The quantitative estimate of drug-likeness (QED) is 0.814. The van der Waals surface area contributed by atoms with Gasteiger partial charge in [0.25, 0.3) is 0 Å². The summed E-state index contributed by atoms with van der Waals surface area (Å²) in [4.78, 5) is 13.5. The molecule has 0 saturated carbocycles. The molecule has 0 aliphatic carbocycles. The van der Waals surface area contributed by atoms with E-state index in [9.17, 15) is 9.18 Å². The molecule has 104 valence electrons. The summed E-state index contributed by atoms with van der Waals surface area (Å²) in [6.07, 6.45) is 0.887. The van der Waals surface area contributed by atoms with Crippen molar-refractivity contribution in [2.24, 2.45) is 0 Å². The van der Waals surface area contributed by atoms with E-state index in [1.807, 2.05) is 7.05 Å². The van der Waals surface area contributed by atoms with Crippen LogP contribution in [0.4, 0.5) is 9.18 Å². The summed E-state index contributed by atoms with van der Waals surface area (Å²) in [7, 11) is 1.88. The van der Waals surface area contributed by atoms with Gasteiger partial charge in [-0.1, -0.05) is 15.9 Å². The first-order valence-corrected chi connectivity index (χ1v) is 7.06. The minimum absolute atomic E-state index is 0.125. The highest BCUT2D eigenvalue weighted by atomic mass is 79.9. The number of nitrogens with zero attached hydrogens (tertiary/aromatic N) is 1. The summed E-state index contributed by atoms with van der Waals surface area (Å²) in [6.45, 7) is 2.05. The molecular formula is C13H17BrFN3O. The monoisotopic (exact) mass is 329 g/mol. The summed E-state index contributed by atoms with van der Waals surface area (Å²) in [5, 5.41) is 5.86. The third kappa shape index (κ3) is 3.45. The second kappa shape index (κ2) is 6.34. The van der Waals surface area contributed by atoms with Gasteiger partial charge in [0, 0.05) is 23.1 Å². The number of benzene rings is 1. The predicted octanol–water partition coefficient (Wildman–Crippen LogP) is 2.26. The van der Waals surface area contributed by atoms with E-state index in [0.717, 1.165) is 17.4 Å². The molecule has 0 spiro atoms. The number of hydrogen-bond acceptors (Lipinski definition) is 2. The molecule has 1 aliphatic heterocycles. The highest BCUT2D eigenvalue weighted by Gasteiger charge is 2.30. The second-order valence-corrected chi connectivity index (χ2v) is 5.49. The van der Waals surface area contributed by atoms with Crippen molar-refractivity contribution in [1.29, 1.82) is 0 Å². The summed E-state index contributed by atoms with van der Waals surface area (Å²) >= 11 is 3.32. The number of urea groups is 1. The van der Waals surface area contributed by atoms with Gasteiger partial charge < -0.3 is 15.5 Å². The molecular weight excluding hydrogens is 313 g/mol. The number of hydrogen-bond donors (Lipinski definition) is 2. The van der Waals surface area contributed by atoms with Crippen LogP contribution in [-0.2, 0) is 0 Å². The maximum Gasteiger partial charge on any atom is 0.318 e. The molecule has 2 rings (SSSR count). The van der Waals surface area contributed by atoms with Crippen LogP contribution in [0.15, 0.2) is 22.7 Å². The average molecular weight is 330 g/mol. The largest absolute Gasteiger partial charge is 0.329 e. The molecule has 6 heteroatoms. The Labute approximate surface area is 120 Å². The van der Waals surface area contributed by atoms with Crippen LogP contribution in [-0.4, -0.2) is 37.6 Å². The maximum absolute atomic E-state index is 13.8. The van der Waals surface area contributed by atoms with Crippen LogP contribution in [0.5, 0.6) is 0 Å². The first-order valence-electron chi connectivity index (χ1n) is 6.27. The molecule has 19 heavy (non-hydrogen) atoms. The number of rotatable bonds is 5. The first kappa shape index (κ1) is 14.3. The number of halogens is 2. The summed E-state index contributed by atoms with van der Waals surface area (Å²) in [5.74, 6) is -0.287. The molecule has 1 aromatic carbocycles. The van der Waals surface area contributed by atoms with Gasteiger partial charge in [-0.15, -0.1) is 0 Å². The van der Waals surface area contributed by atoms with Gasteiger partial charge in [-0.25, -0.2) is 9.18 Å². The number of carbonyl (C=O) groups excluding carboxylic acids is 1. The van der Waals surface area contributed by atoms with E-state index in [0.29, 0.717) is 18.7 Å². The highest BCUT2D eigenvalue weighted by molar-refractivity contribution is 9.10. The van der Waals surface area contributed by atoms with E-state index in [1.54, 1.807) is 17.0 Å². The Kier molecular flexibility index (Phi) is 4.76. The molecule has 2 N–H and O–H groups in total. The lowest BCUT2D eigenvalue weighted by Gasteiger charge is -2.14. The Bertz CT molecular complexity index is 469. The minimum Gasteiger partial charge on any atom is -0.329 e. The zero-order chi connectivity index (χ0) is 13.8. The topological polar surface area (TPSA) is 44.4 Å². The zero-order valence-corrected chi connectivity index (χ0v) is 12.3. The molecule has 1 fully saturated rings. The molecule has 1 atom stereocenters. The zero-order valence-electron chi connectivity index (χ0n) is 10.7. The van der Waals surface area contributed by atoms with Crippen molar-refractivity contribution in [1.82, 2.24) is 15.5 Å². The van der Waals surface area contributed by atoms with Crippen LogP contribution in [0.25, 0.3) is 0 Å². The van der Waals surface area contributed by atoms with Gasteiger partial charge in [0.05, 0.1) is 6.04 Å². The van der Waals surface area contributed by atoms with Crippen molar-refractivity contribution in [3.8, 4) is 0 Å². The van der Waals surface area contributed by atoms with Gasteiger partial charge in [0.1, 0.15) is 5.82 Å². The van der Waals surface area contributed by atoms with Crippen molar-refractivity contribution >= 4 is 22.0 Å². The maximum atomic E-state index is 13.8. The predicted molar refractivity (Wildman–Crippen MR) is 75.5 cm³/mol. The third-order valence-electron chi connectivity index (χ3n) is 3.18. The van der Waals surface area contributed by atoms with Gasteiger partial charge in [-0.05, 0) is 38.2 Å². The first-order chi connectivity index (χ1) is 9.11. The average Bonchev–Trinajstić information content (AvgIpc) is 2.74. The molecule has 1 saturated heterocycles. The molecule has 2 amide bonds. The third-order valence-corrected chi connectivity index (χ3v) is 3.67. The van der Waals surface area contributed by atoms with Crippen molar-refractivity contribution in [2.45, 2.75) is 12.5 Å². The Balaban J connectivity index is 2.03. The van der Waals surface area contributed by atoms with Gasteiger partial charge in [-0.2, -0.15) is 0 Å². The fraction of sp³-hybridized carbons (Fsp3) is 0.462. The lowest BCUT2D eigenvalue weighted by Crippen LogP contribution is -2.30. The Hall–Kier alpha value is -1.14. The fourth-order valence-corrected chi connectivity index (χ4v) is 2.57. The van der Waals surface area contributed by atoms with E-state index >= 15 is 0 Å². The van der Waals surface area contributed by atoms with Crippen molar-refractivity contribution in [3.05, 3.63) is 34.1 Å². The van der Waals surface area contributed by atoms with Crippen LogP contribution in [0.1, 0.15) is 18.0 Å². The number of nitrogens with one attached hydrogen (secondary N) is 2. The Morgan fingerprint density at radius 1 is 1.58 bits per heavy atom. The normalized spacial score (nSPS) is 18.8. The van der Waals surface area contributed by atoms with Gasteiger partial charge in [-0.3, -0.25) is 0 Å². The van der Waals surface area contributed by atoms with Crippen LogP contribution < -0.4 is 10.6 Å². The lowest BCUT2D eigenvalue weighted by molar-refractivity contribution is 0.217. The van der Waals surface area contributed by atoms with Crippen LogP contribution in [0, 0.1) is 5.82 Å². The van der Waals surface area contributed by atoms with Crippen LogP contribution >= 0.6 is 15.9 Å². The van der Waals surface area contributed by atoms with E-state index in [4.69, 9.17) is 0 Å². The standard InChI is InChI=1S/C13H17BrFN3O/c1-16-5-2-6-18-8-12(17-13(18)19)10-7-9(14)3-4-11(10)15/h3-4,7,12,16H,2,5-6,8H2,1H3,(H,17,19). The van der Waals surface area contributed by atoms with E-state index < -0.39 is 0 Å². The van der Waals surface area contributed by atoms with Crippen LogP contribution in [0.3, 0.4) is 0 Å². The number of amides is 2. The smallest absolute Gasteiger partial charge is 0.318 e. The summed E-state index contributed by atoms with van der Waals surface area (Å²) in [6, 6.07) is 4.38. The SMILES string of the molecule is CNCCCN1CC(c2cc(Br)ccc2F)NC1=O. The fourth-order valence-electron chi connectivity index (χ4n) is 2.19. The van der Waals surface area contributed by atoms with Gasteiger partial charge in [0.15, 0.2) is 0 Å². The van der Waals surface area contributed by atoms with Gasteiger partial charge in [0.2, 0.25) is 0 Å². The Morgan fingerprint density at radius 3 is 3.11 bits per heavy atom. The number of carbonyl (C=O) groups is 1. The lowest BCUT2D eigenvalue weighted by atomic mass is 10.1. The van der Waals surface area contributed by atoms with Crippen molar-refractivity contribution in [2.75, 3.05) is 26.7 Å². The summed E-state index contributed by atoms with van der Waals surface area (Å²) in [5.41, 5.74) is 0.527. The molecule has 4 nitrogen and oxygen atoms in total. The van der Waals surface area contributed by atoms with E-state index in [-0.39, 0.29) is 17.9 Å². The molecule has 1 unspecified atom stereocenters. The molecule has 1 aromatic rings. The van der Waals surface area contributed by atoms with Crippen molar-refractivity contribution < 1.29 is 9.18 Å². The minimum atomic E-state index is -0.287.